The topological polar surface area (TPSA) is 129 Å². The number of nitrogens with two attached hydrogens (primary N) is 1. The summed E-state index contributed by atoms with van der Waals surface area (Å²) in [7, 11) is 0. The minimum Gasteiger partial charge on any atom is -0.445 e. The molecule has 4 heterocycles. The second-order valence-corrected chi connectivity index (χ2v) is 8.87. The van der Waals surface area contributed by atoms with Crippen LogP contribution in [-0.2, 0) is 11.3 Å². The number of nitrogens with one attached hydrogen (secondary N) is 1. The van der Waals surface area contributed by atoms with Crippen LogP contribution in [0.25, 0.3) is 16.9 Å². The first kappa shape index (κ1) is 22.6. The fourth-order valence-electron chi connectivity index (χ4n) is 4.40. The molecule has 1 amide bonds. The number of carbonyl (C=O) groups excluding carboxylic acids is 1. The van der Waals surface area contributed by atoms with E-state index in [1.54, 1.807) is 12.5 Å². The minimum absolute atomic E-state index is 0.184. The molecular weight excluding hydrogens is 446 g/mol. The third-order valence-electron chi connectivity index (χ3n) is 6.10. The molecule has 5 rings (SSSR count). The Morgan fingerprint density at radius 2 is 2.11 bits per heavy atom. The monoisotopic (exact) mass is 475 g/mol. The van der Waals surface area contributed by atoms with Crippen LogP contribution in [0.3, 0.4) is 0 Å². The first-order valence-corrected chi connectivity index (χ1v) is 11.8. The summed E-state index contributed by atoms with van der Waals surface area (Å²) in [6.07, 6.45) is 6.05. The van der Waals surface area contributed by atoms with Gasteiger partial charge in [-0.15, -0.1) is 0 Å². The number of benzene rings is 1. The summed E-state index contributed by atoms with van der Waals surface area (Å²) in [4.78, 5) is 27.6. The largest absolute Gasteiger partial charge is 0.445 e. The summed E-state index contributed by atoms with van der Waals surface area (Å²) in [5.74, 6) is 1.22. The molecule has 11 nitrogen and oxygen atoms in total. The zero-order valence-electron chi connectivity index (χ0n) is 19.8. The van der Waals surface area contributed by atoms with Gasteiger partial charge in [0.05, 0.1) is 18.6 Å². The number of fused-ring (bicyclic) bond motifs is 1. The van der Waals surface area contributed by atoms with Crippen molar-refractivity contribution in [3.8, 4) is 5.69 Å². The lowest BCUT2D eigenvalue weighted by Crippen LogP contribution is -2.42. The molecule has 0 spiro atoms. The molecule has 0 unspecified atom stereocenters. The molecule has 1 saturated heterocycles. The maximum atomic E-state index is 11.3. The normalized spacial score (nSPS) is 16.1. The van der Waals surface area contributed by atoms with Crippen molar-refractivity contribution in [2.24, 2.45) is 5.73 Å². The molecule has 1 fully saturated rings. The maximum Gasteiger partial charge on any atom is 0.404 e. The molecule has 35 heavy (non-hydrogen) atoms. The van der Waals surface area contributed by atoms with E-state index in [2.05, 4.69) is 35.3 Å². The average Bonchev–Trinajstić information content (AvgIpc) is 3.53. The number of hydrogen-bond donors (Lipinski definition) is 2. The van der Waals surface area contributed by atoms with Gasteiger partial charge >= 0.3 is 6.09 Å². The Kier molecular flexibility index (Phi) is 6.21. The quantitative estimate of drug-likeness (QED) is 0.417. The molecule has 3 N–H and O–H groups in total. The summed E-state index contributed by atoms with van der Waals surface area (Å²) in [5.41, 5.74) is 8.77. The van der Waals surface area contributed by atoms with Crippen molar-refractivity contribution < 1.29 is 9.53 Å². The number of piperidine rings is 1. The second kappa shape index (κ2) is 9.61. The van der Waals surface area contributed by atoms with Gasteiger partial charge in [-0.3, -0.25) is 0 Å². The number of imidazole rings is 1. The Balaban J connectivity index is 1.48. The third-order valence-corrected chi connectivity index (χ3v) is 6.10. The number of anilines is 2. The maximum absolute atomic E-state index is 11.3. The van der Waals surface area contributed by atoms with Crippen molar-refractivity contribution in [3.63, 3.8) is 0 Å². The SMILES string of the molecule is CC(C)n1cnc2c(NCc3ccccc3-n3cccn3)nc(N3CCC[C@@H](OC(N)=O)C3)nc21. The van der Waals surface area contributed by atoms with Crippen molar-refractivity contribution in [1.82, 2.24) is 29.3 Å². The van der Waals surface area contributed by atoms with Gasteiger partial charge in [0.1, 0.15) is 6.10 Å². The van der Waals surface area contributed by atoms with Gasteiger partial charge in [0.15, 0.2) is 17.0 Å². The molecule has 1 aliphatic rings. The van der Waals surface area contributed by atoms with E-state index < -0.39 is 6.09 Å². The molecular formula is C24H29N9O2. The van der Waals surface area contributed by atoms with Gasteiger partial charge in [-0.25, -0.2) is 14.5 Å². The summed E-state index contributed by atoms with van der Waals surface area (Å²) < 4.78 is 9.14. The van der Waals surface area contributed by atoms with Crippen LogP contribution in [0.4, 0.5) is 16.6 Å². The first-order chi connectivity index (χ1) is 17.0. The first-order valence-electron chi connectivity index (χ1n) is 11.8. The fourth-order valence-corrected chi connectivity index (χ4v) is 4.40. The predicted octanol–water partition coefficient (Wildman–Crippen LogP) is 3.27. The summed E-state index contributed by atoms with van der Waals surface area (Å²) in [6, 6.07) is 10.2. The standard InChI is InChI=1S/C24H29N9O2/c1-16(2)32-15-27-20-21(26-13-17-7-3-4-9-19(17)33-12-6-10-28-33)29-24(30-22(20)32)31-11-5-8-18(14-31)35-23(25)34/h3-4,6-7,9-10,12,15-16,18H,5,8,11,13-14H2,1-2H3,(H2,25,34)(H,26,29,30)/t18-/m1/s1. The number of rotatable bonds is 7. The molecule has 1 aliphatic heterocycles. The Morgan fingerprint density at radius 3 is 2.89 bits per heavy atom. The molecule has 0 bridgehead atoms. The van der Waals surface area contributed by atoms with Crippen LogP contribution in [0.5, 0.6) is 0 Å². The number of hydrogen-bond acceptors (Lipinski definition) is 8. The average molecular weight is 476 g/mol. The molecule has 3 aromatic heterocycles. The molecule has 1 atom stereocenters. The van der Waals surface area contributed by atoms with Crippen LogP contribution in [0.1, 0.15) is 38.3 Å². The number of carbonyl (C=O) groups is 1. The predicted molar refractivity (Wildman–Crippen MR) is 133 cm³/mol. The highest BCUT2D eigenvalue weighted by Crippen LogP contribution is 2.27. The van der Waals surface area contributed by atoms with E-state index in [1.807, 2.05) is 44.6 Å². The smallest absolute Gasteiger partial charge is 0.404 e. The van der Waals surface area contributed by atoms with E-state index in [4.69, 9.17) is 20.4 Å². The Labute approximate surface area is 202 Å². The minimum atomic E-state index is -0.760. The summed E-state index contributed by atoms with van der Waals surface area (Å²) >= 11 is 0. The summed E-state index contributed by atoms with van der Waals surface area (Å²) in [6.45, 7) is 5.97. The van der Waals surface area contributed by atoms with E-state index in [0.29, 0.717) is 30.4 Å². The number of ether oxygens (including phenoxy) is 1. The fraction of sp³-hybridized carbons (Fsp3) is 0.375. The highest BCUT2D eigenvalue weighted by molar-refractivity contribution is 5.84. The lowest BCUT2D eigenvalue weighted by Gasteiger charge is -2.32. The van der Waals surface area contributed by atoms with Crippen LogP contribution < -0.4 is 16.0 Å². The van der Waals surface area contributed by atoms with Crippen molar-refractivity contribution in [1.29, 1.82) is 0 Å². The van der Waals surface area contributed by atoms with Crippen molar-refractivity contribution >= 4 is 29.0 Å². The molecule has 0 saturated carbocycles. The Morgan fingerprint density at radius 1 is 1.26 bits per heavy atom. The van der Waals surface area contributed by atoms with Crippen LogP contribution in [0.15, 0.2) is 49.1 Å². The Bertz CT molecular complexity index is 1320. The van der Waals surface area contributed by atoms with Gasteiger partial charge < -0.3 is 25.3 Å². The van der Waals surface area contributed by atoms with Crippen LogP contribution >= 0.6 is 0 Å². The molecule has 11 heteroatoms. The zero-order valence-corrected chi connectivity index (χ0v) is 19.8. The summed E-state index contributed by atoms with van der Waals surface area (Å²) in [5, 5.41) is 7.86. The van der Waals surface area contributed by atoms with E-state index >= 15 is 0 Å². The van der Waals surface area contributed by atoms with Crippen molar-refractivity contribution in [3.05, 3.63) is 54.6 Å². The Hall–Kier alpha value is -4.15. The number of primary amides is 1. The number of aromatic nitrogens is 6. The van der Waals surface area contributed by atoms with Gasteiger partial charge in [-0.1, -0.05) is 18.2 Å². The number of nitrogens with zero attached hydrogens (tertiary/aromatic N) is 7. The van der Waals surface area contributed by atoms with Crippen LogP contribution in [0, 0.1) is 0 Å². The third kappa shape index (κ3) is 4.75. The molecule has 182 valence electrons. The molecule has 1 aromatic carbocycles. The highest BCUT2D eigenvalue weighted by Gasteiger charge is 2.26. The van der Waals surface area contributed by atoms with E-state index in [0.717, 1.165) is 36.3 Å². The zero-order chi connectivity index (χ0) is 24.4. The van der Waals surface area contributed by atoms with E-state index in [-0.39, 0.29) is 12.1 Å². The van der Waals surface area contributed by atoms with Gasteiger partial charge in [0.2, 0.25) is 5.95 Å². The van der Waals surface area contributed by atoms with E-state index in [9.17, 15) is 4.79 Å². The van der Waals surface area contributed by atoms with Gasteiger partial charge in [0, 0.05) is 31.5 Å². The molecule has 0 aliphatic carbocycles. The van der Waals surface area contributed by atoms with Crippen molar-refractivity contribution in [2.75, 3.05) is 23.3 Å². The van der Waals surface area contributed by atoms with E-state index in [1.165, 1.54) is 0 Å². The molecule has 0 radical (unpaired) electrons. The number of para-hydroxylation sites is 1. The van der Waals surface area contributed by atoms with Gasteiger partial charge in [0.25, 0.3) is 0 Å². The van der Waals surface area contributed by atoms with Crippen molar-refractivity contribution in [2.45, 2.75) is 45.4 Å². The second-order valence-electron chi connectivity index (χ2n) is 8.87. The lowest BCUT2D eigenvalue weighted by atomic mass is 10.1. The lowest BCUT2D eigenvalue weighted by molar-refractivity contribution is 0.0963. The van der Waals surface area contributed by atoms with Gasteiger partial charge in [-0.05, 0) is 44.4 Å². The molecule has 4 aromatic rings. The van der Waals surface area contributed by atoms with Crippen LogP contribution in [-0.4, -0.2) is 54.6 Å². The number of amides is 1. The van der Waals surface area contributed by atoms with Crippen LogP contribution in [0.2, 0.25) is 0 Å². The highest BCUT2D eigenvalue weighted by atomic mass is 16.6. The van der Waals surface area contributed by atoms with Gasteiger partial charge in [-0.2, -0.15) is 15.1 Å².